The maximum atomic E-state index is 12.4. The number of ether oxygens (including phenoxy) is 1. The van der Waals surface area contributed by atoms with E-state index in [-0.39, 0.29) is 17.9 Å². The third kappa shape index (κ3) is 4.52. The number of carboxylic acid groups (broad SMARTS) is 1. The summed E-state index contributed by atoms with van der Waals surface area (Å²) in [5.74, 6) is -0.179. The molecular formula is C20H22N2O5S. The lowest BCUT2D eigenvalue weighted by Crippen LogP contribution is -2.25. The van der Waals surface area contributed by atoms with Crippen molar-refractivity contribution < 1.29 is 23.1 Å². The number of fused-ring (bicyclic) bond motifs is 1. The Kier molecular flexibility index (Phi) is 6.01. The summed E-state index contributed by atoms with van der Waals surface area (Å²) in [7, 11) is -1.99. The van der Waals surface area contributed by atoms with Crippen LogP contribution >= 0.6 is 0 Å². The number of carbonyl (C=O) groups is 1. The molecule has 8 heteroatoms. The van der Waals surface area contributed by atoms with Gasteiger partial charge < -0.3 is 14.4 Å². The standard InChI is InChI=1S/C20H22N2O5S/c1-27-16-7-8-19-18(13-16)15(14-22(19)12-10-20(23)24)9-11-21-28(25,26)17-5-3-2-4-6-17/h2-8,13-14,21H,9-12H2,1H3,(H,23,24). The molecule has 0 radical (unpaired) electrons. The van der Waals surface area contributed by atoms with Gasteiger partial charge in [0.05, 0.1) is 18.4 Å². The third-order valence-corrected chi connectivity index (χ3v) is 5.95. The van der Waals surface area contributed by atoms with Crippen molar-refractivity contribution in [3.05, 3.63) is 60.3 Å². The number of nitrogens with one attached hydrogen (secondary N) is 1. The summed E-state index contributed by atoms with van der Waals surface area (Å²) in [6.45, 7) is 0.570. The molecule has 0 bridgehead atoms. The predicted molar refractivity (Wildman–Crippen MR) is 106 cm³/mol. The summed E-state index contributed by atoms with van der Waals surface area (Å²) >= 11 is 0. The second kappa shape index (κ2) is 8.45. The van der Waals surface area contributed by atoms with Gasteiger partial charge in [-0.05, 0) is 42.3 Å². The van der Waals surface area contributed by atoms with Crippen LogP contribution < -0.4 is 9.46 Å². The zero-order valence-electron chi connectivity index (χ0n) is 15.5. The quantitative estimate of drug-likeness (QED) is 0.573. The first kappa shape index (κ1) is 19.9. The van der Waals surface area contributed by atoms with Gasteiger partial charge in [0.1, 0.15) is 5.75 Å². The van der Waals surface area contributed by atoms with Crippen LogP contribution in [0.15, 0.2) is 59.6 Å². The highest BCUT2D eigenvalue weighted by atomic mass is 32.2. The van der Waals surface area contributed by atoms with Crippen LogP contribution in [0.4, 0.5) is 0 Å². The number of carboxylic acids is 1. The molecule has 2 aromatic carbocycles. The summed E-state index contributed by atoms with van der Waals surface area (Å²) in [5.41, 5.74) is 1.82. The highest BCUT2D eigenvalue weighted by Crippen LogP contribution is 2.26. The van der Waals surface area contributed by atoms with Crippen molar-refractivity contribution in [3.63, 3.8) is 0 Å². The molecule has 3 aromatic rings. The van der Waals surface area contributed by atoms with Gasteiger partial charge in [0.15, 0.2) is 0 Å². The van der Waals surface area contributed by atoms with Gasteiger partial charge in [0.2, 0.25) is 10.0 Å². The first-order valence-corrected chi connectivity index (χ1v) is 10.3. The Labute approximate surface area is 163 Å². The number of aliphatic carboxylic acids is 1. The van der Waals surface area contributed by atoms with E-state index in [1.807, 2.05) is 29.0 Å². The summed E-state index contributed by atoms with van der Waals surface area (Å²) < 4.78 is 34.5. The van der Waals surface area contributed by atoms with Gasteiger partial charge in [0, 0.05) is 30.2 Å². The van der Waals surface area contributed by atoms with Gasteiger partial charge in [-0.1, -0.05) is 18.2 Å². The largest absolute Gasteiger partial charge is 0.497 e. The number of hydrogen-bond acceptors (Lipinski definition) is 4. The number of sulfonamides is 1. The van der Waals surface area contributed by atoms with E-state index in [0.29, 0.717) is 18.7 Å². The van der Waals surface area contributed by atoms with E-state index in [0.717, 1.165) is 16.5 Å². The number of hydrogen-bond donors (Lipinski definition) is 2. The topological polar surface area (TPSA) is 97.6 Å². The Balaban J connectivity index is 1.80. The first-order valence-electron chi connectivity index (χ1n) is 8.83. The van der Waals surface area contributed by atoms with Gasteiger partial charge in [-0.2, -0.15) is 0 Å². The van der Waals surface area contributed by atoms with Crippen LogP contribution in [0.25, 0.3) is 10.9 Å². The van der Waals surface area contributed by atoms with Crippen molar-refractivity contribution in [1.82, 2.24) is 9.29 Å². The Morgan fingerprint density at radius 3 is 2.61 bits per heavy atom. The maximum absolute atomic E-state index is 12.4. The van der Waals surface area contributed by atoms with Crippen molar-refractivity contribution in [1.29, 1.82) is 0 Å². The second-order valence-corrected chi connectivity index (χ2v) is 8.10. The van der Waals surface area contributed by atoms with E-state index < -0.39 is 16.0 Å². The van der Waals surface area contributed by atoms with E-state index in [9.17, 15) is 13.2 Å². The molecule has 0 aliphatic rings. The number of nitrogens with zero attached hydrogens (tertiary/aromatic N) is 1. The minimum absolute atomic E-state index is 0.00981. The Bertz CT molecular complexity index is 1070. The molecule has 7 nitrogen and oxygen atoms in total. The molecule has 0 saturated heterocycles. The van der Waals surface area contributed by atoms with Crippen molar-refractivity contribution >= 4 is 26.9 Å². The average molecular weight is 402 g/mol. The number of rotatable bonds is 9. The van der Waals surface area contributed by atoms with Gasteiger partial charge in [-0.3, -0.25) is 4.79 Å². The fourth-order valence-corrected chi connectivity index (χ4v) is 4.13. The van der Waals surface area contributed by atoms with Crippen molar-refractivity contribution in [2.75, 3.05) is 13.7 Å². The van der Waals surface area contributed by atoms with Crippen LogP contribution in [-0.4, -0.2) is 37.7 Å². The van der Waals surface area contributed by atoms with Crippen molar-refractivity contribution in [3.8, 4) is 5.75 Å². The second-order valence-electron chi connectivity index (χ2n) is 6.34. The van der Waals surface area contributed by atoms with Crippen molar-refractivity contribution in [2.45, 2.75) is 24.3 Å². The normalized spacial score (nSPS) is 11.6. The van der Waals surface area contributed by atoms with E-state index in [1.54, 1.807) is 37.4 Å². The zero-order valence-corrected chi connectivity index (χ0v) is 16.3. The molecule has 0 saturated carbocycles. The van der Waals surface area contributed by atoms with Gasteiger partial charge in [-0.25, -0.2) is 13.1 Å². The molecule has 0 atom stereocenters. The molecule has 0 aliphatic carbocycles. The number of benzene rings is 2. The molecule has 0 amide bonds. The molecule has 0 unspecified atom stereocenters. The van der Waals surface area contributed by atoms with Crippen LogP contribution in [0.2, 0.25) is 0 Å². The fraction of sp³-hybridized carbons (Fsp3) is 0.250. The van der Waals surface area contributed by atoms with Gasteiger partial charge in [-0.15, -0.1) is 0 Å². The lowest BCUT2D eigenvalue weighted by molar-refractivity contribution is -0.137. The predicted octanol–water partition coefficient (Wildman–Crippen LogP) is 2.65. The number of aryl methyl sites for hydroxylation is 1. The highest BCUT2D eigenvalue weighted by molar-refractivity contribution is 7.89. The maximum Gasteiger partial charge on any atom is 0.305 e. The van der Waals surface area contributed by atoms with Crippen LogP contribution in [0.3, 0.4) is 0 Å². The lowest BCUT2D eigenvalue weighted by atomic mass is 10.1. The summed E-state index contributed by atoms with van der Waals surface area (Å²) in [5, 5.41) is 9.89. The summed E-state index contributed by atoms with van der Waals surface area (Å²) in [6, 6.07) is 13.8. The molecule has 0 aliphatic heterocycles. The summed E-state index contributed by atoms with van der Waals surface area (Å²) in [4.78, 5) is 11.1. The Morgan fingerprint density at radius 2 is 1.93 bits per heavy atom. The summed E-state index contributed by atoms with van der Waals surface area (Å²) in [6.07, 6.45) is 2.36. The van der Waals surface area contributed by atoms with Gasteiger partial charge in [0.25, 0.3) is 0 Å². The van der Waals surface area contributed by atoms with E-state index >= 15 is 0 Å². The number of aromatic nitrogens is 1. The van der Waals surface area contributed by atoms with Crippen molar-refractivity contribution in [2.24, 2.45) is 0 Å². The molecule has 1 aromatic heterocycles. The first-order chi connectivity index (χ1) is 13.4. The fourth-order valence-electron chi connectivity index (χ4n) is 3.08. The van der Waals surface area contributed by atoms with E-state index in [4.69, 9.17) is 9.84 Å². The molecule has 148 valence electrons. The molecular weight excluding hydrogens is 380 g/mol. The Hall–Kier alpha value is -2.84. The minimum atomic E-state index is -3.57. The third-order valence-electron chi connectivity index (χ3n) is 4.48. The molecule has 3 rings (SSSR count). The van der Waals surface area contributed by atoms with Gasteiger partial charge >= 0.3 is 5.97 Å². The van der Waals surface area contributed by atoms with E-state index in [1.165, 1.54) is 0 Å². The average Bonchev–Trinajstić information content (AvgIpc) is 3.04. The zero-order chi connectivity index (χ0) is 20.1. The highest BCUT2D eigenvalue weighted by Gasteiger charge is 2.15. The molecule has 0 fully saturated rings. The van der Waals surface area contributed by atoms with Crippen LogP contribution in [0.1, 0.15) is 12.0 Å². The Morgan fingerprint density at radius 1 is 1.18 bits per heavy atom. The van der Waals surface area contributed by atoms with Crippen LogP contribution in [0, 0.1) is 0 Å². The molecule has 1 heterocycles. The number of methoxy groups -OCH3 is 1. The van der Waals surface area contributed by atoms with Crippen LogP contribution in [-0.2, 0) is 27.8 Å². The minimum Gasteiger partial charge on any atom is -0.497 e. The smallest absolute Gasteiger partial charge is 0.305 e. The van der Waals surface area contributed by atoms with Crippen LogP contribution in [0.5, 0.6) is 5.75 Å². The monoisotopic (exact) mass is 402 g/mol. The SMILES string of the molecule is COc1ccc2c(c1)c(CCNS(=O)(=O)c1ccccc1)cn2CCC(=O)O. The molecule has 2 N–H and O–H groups in total. The molecule has 0 spiro atoms. The molecule has 28 heavy (non-hydrogen) atoms. The van der Waals surface area contributed by atoms with E-state index in [2.05, 4.69) is 4.72 Å². The lowest BCUT2D eigenvalue weighted by Gasteiger charge is -2.06.